The molecule has 0 radical (unpaired) electrons. The summed E-state index contributed by atoms with van der Waals surface area (Å²) < 4.78 is 2.86. The normalized spacial score (nSPS) is 11.1. The van der Waals surface area contributed by atoms with Crippen LogP contribution in [-0.2, 0) is 7.05 Å². The van der Waals surface area contributed by atoms with Crippen molar-refractivity contribution in [3.8, 4) is 11.5 Å². The molecular weight excluding hydrogens is 306 g/mol. The first-order valence-corrected chi connectivity index (χ1v) is 7.11. The van der Waals surface area contributed by atoms with E-state index in [0.29, 0.717) is 11.7 Å². The molecule has 2 rings (SSSR count). The average Bonchev–Trinajstić information content (AvgIpc) is 2.78. The maximum absolute atomic E-state index is 4.66. The molecule has 0 amide bonds. The molecule has 0 spiro atoms. The van der Waals surface area contributed by atoms with Gasteiger partial charge >= 0.3 is 0 Å². The van der Waals surface area contributed by atoms with Gasteiger partial charge in [0.05, 0.1) is 22.7 Å². The third-order valence-electron chi connectivity index (χ3n) is 2.81. The van der Waals surface area contributed by atoms with E-state index in [1.807, 2.05) is 18.5 Å². The van der Waals surface area contributed by atoms with Gasteiger partial charge in [0.2, 0.25) is 0 Å². The first kappa shape index (κ1) is 14.0. The number of aromatic nitrogens is 4. The lowest BCUT2D eigenvalue weighted by Crippen LogP contribution is -2.08. The van der Waals surface area contributed by atoms with Gasteiger partial charge in [-0.1, -0.05) is 13.8 Å². The highest BCUT2D eigenvalue weighted by atomic mass is 79.9. The number of imidazole rings is 1. The van der Waals surface area contributed by atoms with Gasteiger partial charge in [0.25, 0.3) is 0 Å². The molecule has 0 bridgehead atoms. The van der Waals surface area contributed by atoms with Gasteiger partial charge in [0.1, 0.15) is 11.5 Å². The van der Waals surface area contributed by atoms with Crippen molar-refractivity contribution in [1.82, 2.24) is 19.5 Å². The van der Waals surface area contributed by atoms with E-state index in [-0.39, 0.29) is 0 Å². The molecule has 0 fully saturated rings. The molecule has 0 aliphatic heterocycles. The van der Waals surface area contributed by atoms with Gasteiger partial charge in [-0.3, -0.25) is 0 Å². The summed E-state index contributed by atoms with van der Waals surface area (Å²) in [4.78, 5) is 13.4. The summed E-state index contributed by atoms with van der Waals surface area (Å²) in [7, 11) is 1.94. The number of aryl methyl sites for hydroxylation is 1. The first-order chi connectivity index (χ1) is 9.04. The molecule has 0 aromatic carbocycles. The molecule has 0 aliphatic rings. The number of hydrogen-bond donors (Lipinski definition) is 1. The summed E-state index contributed by atoms with van der Waals surface area (Å²) in [6, 6.07) is 0. The van der Waals surface area contributed by atoms with Crippen LogP contribution in [-0.4, -0.2) is 26.1 Å². The van der Waals surface area contributed by atoms with Crippen LogP contribution in [0, 0.1) is 0 Å². The van der Waals surface area contributed by atoms with Crippen LogP contribution in [0.2, 0.25) is 0 Å². The zero-order chi connectivity index (χ0) is 14.0. The molecule has 2 aromatic heterocycles. The lowest BCUT2D eigenvalue weighted by atomic mass is 10.1. The van der Waals surface area contributed by atoms with Crippen LogP contribution in [0.1, 0.15) is 32.4 Å². The van der Waals surface area contributed by atoms with E-state index < -0.39 is 0 Å². The fourth-order valence-electron chi connectivity index (χ4n) is 1.82. The number of nitrogens with zero attached hydrogens (tertiary/aromatic N) is 4. The van der Waals surface area contributed by atoms with Gasteiger partial charge in [-0.05, 0) is 28.8 Å². The van der Waals surface area contributed by atoms with Crippen LogP contribution in [0.25, 0.3) is 11.5 Å². The molecule has 0 atom stereocenters. The number of halogens is 1. The Hall–Kier alpha value is -1.43. The second kappa shape index (κ2) is 5.69. The van der Waals surface area contributed by atoms with E-state index in [9.17, 15) is 0 Å². The number of hydrogen-bond acceptors (Lipinski definition) is 4. The Bertz CT molecular complexity index is 576. The zero-order valence-electron chi connectivity index (χ0n) is 11.6. The number of nitrogens with one attached hydrogen (secondary N) is 1. The summed E-state index contributed by atoms with van der Waals surface area (Å²) in [5, 5.41) is 3.27. The van der Waals surface area contributed by atoms with E-state index in [4.69, 9.17) is 0 Å². The molecule has 5 nitrogen and oxygen atoms in total. The highest BCUT2D eigenvalue weighted by Gasteiger charge is 2.16. The maximum Gasteiger partial charge on any atom is 0.180 e. The van der Waals surface area contributed by atoms with Gasteiger partial charge in [-0.15, -0.1) is 0 Å². The minimum absolute atomic E-state index is 0.321. The third kappa shape index (κ3) is 2.78. The highest BCUT2D eigenvalue weighted by molar-refractivity contribution is 9.10. The van der Waals surface area contributed by atoms with Crippen LogP contribution in [0.15, 0.2) is 17.0 Å². The SMILES string of the molecule is CCNc1nc(-c2cncn2C)nc(C(C)C)c1Br. The van der Waals surface area contributed by atoms with Crippen molar-refractivity contribution in [2.24, 2.45) is 7.05 Å². The van der Waals surface area contributed by atoms with E-state index in [1.165, 1.54) is 0 Å². The Morgan fingerprint density at radius 3 is 2.63 bits per heavy atom. The Balaban J connectivity index is 2.59. The van der Waals surface area contributed by atoms with Gasteiger partial charge in [0, 0.05) is 13.6 Å². The Labute approximate surface area is 121 Å². The molecule has 0 aliphatic carbocycles. The topological polar surface area (TPSA) is 55.6 Å². The molecule has 2 heterocycles. The number of anilines is 1. The van der Waals surface area contributed by atoms with Crippen molar-refractivity contribution in [1.29, 1.82) is 0 Å². The predicted molar refractivity (Wildman–Crippen MR) is 80.2 cm³/mol. The Morgan fingerprint density at radius 2 is 2.11 bits per heavy atom. The largest absolute Gasteiger partial charge is 0.369 e. The minimum atomic E-state index is 0.321. The van der Waals surface area contributed by atoms with Crippen molar-refractivity contribution in [2.75, 3.05) is 11.9 Å². The summed E-state index contributed by atoms with van der Waals surface area (Å²) in [5.74, 6) is 1.85. The first-order valence-electron chi connectivity index (χ1n) is 6.32. The van der Waals surface area contributed by atoms with Gasteiger partial charge < -0.3 is 9.88 Å². The molecule has 19 heavy (non-hydrogen) atoms. The zero-order valence-corrected chi connectivity index (χ0v) is 13.2. The molecule has 0 unspecified atom stereocenters. The van der Waals surface area contributed by atoms with E-state index in [0.717, 1.165) is 28.2 Å². The standard InChI is InChI=1S/C13H18BrN5/c1-5-16-13-10(14)11(8(2)3)17-12(18-13)9-6-15-7-19(9)4/h6-8H,5H2,1-4H3,(H,16,17,18). The average molecular weight is 324 g/mol. The predicted octanol–water partition coefficient (Wildman–Crippen LogP) is 3.19. The summed E-state index contributed by atoms with van der Waals surface area (Å²) in [6.07, 6.45) is 3.53. The third-order valence-corrected chi connectivity index (χ3v) is 3.60. The molecule has 102 valence electrons. The quantitative estimate of drug-likeness (QED) is 0.938. The summed E-state index contributed by atoms with van der Waals surface area (Å²) in [5.41, 5.74) is 1.91. The fourth-order valence-corrected chi connectivity index (χ4v) is 2.59. The van der Waals surface area contributed by atoms with Gasteiger partial charge in [-0.25, -0.2) is 15.0 Å². The smallest absolute Gasteiger partial charge is 0.180 e. The van der Waals surface area contributed by atoms with Crippen LogP contribution in [0.3, 0.4) is 0 Å². The summed E-state index contributed by atoms with van der Waals surface area (Å²) in [6.45, 7) is 7.11. The van der Waals surface area contributed by atoms with E-state index in [1.54, 1.807) is 12.5 Å². The highest BCUT2D eigenvalue weighted by Crippen LogP contribution is 2.31. The van der Waals surface area contributed by atoms with Crippen molar-refractivity contribution in [3.05, 3.63) is 22.7 Å². The van der Waals surface area contributed by atoms with Crippen molar-refractivity contribution >= 4 is 21.7 Å². The second-order valence-electron chi connectivity index (χ2n) is 4.67. The van der Waals surface area contributed by atoms with E-state index >= 15 is 0 Å². The molecule has 2 aromatic rings. The lowest BCUT2D eigenvalue weighted by Gasteiger charge is -2.14. The van der Waals surface area contributed by atoms with Crippen LogP contribution < -0.4 is 5.32 Å². The van der Waals surface area contributed by atoms with Crippen LogP contribution in [0.4, 0.5) is 5.82 Å². The fraction of sp³-hybridized carbons (Fsp3) is 0.462. The molecule has 6 heteroatoms. The van der Waals surface area contributed by atoms with Gasteiger partial charge in [-0.2, -0.15) is 0 Å². The monoisotopic (exact) mass is 323 g/mol. The Kier molecular flexibility index (Phi) is 4.19. The van der Waals surface area contributed by atoms with Crippen LogP contribution in [0.5, 0.6) is 0 Å². The molecule has 0 saturated carbocycles. The Morgan fingerprint density at radius 1 is 1.37 bits per heavy atom. The summed E-state index contributed by atoms with van der Waals surface area (Å²) >= 11 is 3.59. The molecule has 1 N–H and O–H groups in total. The van der Waals surface area contributed by atoms with Gasteiger partial charge in [0.15, 0.2) is 5.82 Å². The minimum Gasteiger partial charge on any atom is -0.369 e. The van der Waals surface area contributed by atoms with Crippen molar-refractivity contribution in [2.45, 2.75) is 26.7 Å². The van der Waals surface area contributed by atoms with Crippen molar-refractivity contribution in [3.63, 3.8) is 0 Å². The number of rotatable bonds is 4. The molecule has 0 saturated heterocycles. The van der Waals surface area contributed by atoms with E-state index in [2.05, 4.69) is 50.0 Å². The second-order valence-corrected chi connectivity index (χ2v) is 5.46. The maximum atomic E-state index is 4.66. The lowest BCUT2D eigenvalue weighted by molar-refractivity contribution is 0.804. The molecular formula is C13H18BrN5. The van der Waals surface area contributed by atoms with Crippen LogP contribution >= 0.6 is 15.9 Å². The van der Waals surface area contributed by atoms with Crippen molar-refractivity contribution < 1.29 is 0 Å².